The smallest absolute Gasteiger partial charge is 0.127 e. The Bertz CT molecular complexity index is 1120. The number of hydrogen-bond donors (Lipinski definition) is 0. The van der Waals surface area contributed by atoms with Crippen molar-refractivity contribution in [2.45, 2.75) is 41.5 Å². The van der Waals surface area contributed by atoms with Gasteiger partial charge in [0.1, 0.15) is 11.5 Å². The van der Waals surface area contributed by atoms with Crippen LogP contribution in [-0.2, 0) is 0 Å². The van der Waals surface area contributed by atoms with Crippen LogP contribution < -0.4 is 4.74 Å². The van der Waals surface area contributed by atoms with Gasteiger partial charge in [-0.1, -0.05) is 70.8 Å². The molecule has 0 aliphatic heterocycles. The molecule has 0 aliphatic rings. The maximum Gasteiger partial charge on any atom is 0.127 e. The van der Waals surface area contributed by atoms with Crippen LogP contribution in [0.3, 0.4) is 0 Å². The van der Waals surface area contributed by atoms with Crippen LogP contribution in [0, 0.1) is 41.5 Å². The van der Waals surface area contributed by atoms with E-state index < -0.39 is 0 Å². The van der Waals surface area contributed by atoms with Crippen molar-refractivity contribution in [1.82, 2.24) is 0 Å². The molecule has 0 bridgehead atoms. The predicted molar refractivity (Wildman–Crippen MR) is 132 cm³/mol. The molecular formula is C30H30O. The molecule has 4 rings (SSSR count). The van der Waals surface area contributed by atoms with Gasteiger partial charge >= 0.3 is 0 Å². The van der Waals surface area contributed by atoms with Crippen molar-refractivity contribution in [1.29, 1.82) is 0 Å². The quantitative estimate of drug-likeness (QED) is 0.329. The van der Waals surface area contributed by atoms with E-state index in [9.17, 15) is 0 Å². The molecule has 0 spiro atoms. The second kappa shape index (κ2) is 8.43. The Morgan fingerprint density at radius 1 is 0.419 bits per heavy atom. The molecule has 0 unspecified atom stereocenters. The van der Waals surface area contributed by atoms with Gasteiger partial charge in [0.25, 0.3) is 0 Å². The minimum absolute atomic E-state index is 0.865. The molecule has 0 aliphatic carbocycles. The van der Waals surface area contributed by atoms with Crippen molar-refractivity contribution < 1.29 is 4.74 Å². The highest BCUT2D eigenvalue weighted by Gasteiger charge is 2.08. The number of aryl methyl sites for hydroxylation is 6. The number of hydrogen-bond acceptors (Lipinski definition) is 1. The van der Waals surface area contributed by atoms with Crippen LogP contribution in [0.2, 0.25) is 0 Å². The number of benzene rings is 4. The minimum atomic E-state index is 0.865. The van der Waals surface area contributed by atoms with Crippen molar-refractivity contribution in [3.63, 3.8) is 0 Å². The normalized spacial score (nSPS) is 10.9. The van der Waals surface area contributed by atoms with Crippen LogP contribution in [0.4, 0.5) is 0 Å². The molecule has 0 heterocycles. The van der Waals surface area contributed by atoms with Crippen LogP contribution in [0.25, 0.3) is 22.3 Å². The van der Waals surface area contributed by atoms with Gasteiger partial charge in [0, 0.05) is 0 Å². The van der Waals surface area contributed by atoms with E-state index in [4.69, 9.17) is 4.74 Å². The van der Waals surface area contributed by atoms with E-state index in [0.29, 0.717) is 0 Å². The van der Waals surface area contributed by atoms with Crippen LogP contribution in [0.15, 0.2) is 72.8 Å². The molecule has 0 saturated heterocycles. The molecule has 0 radical (unpaired) electrons. The van der Waals surface area contributed by atoms with Gasteiger partial charge < -0.3 is 4.74 Å². The molecule has 0 atom stereocenters. The maximum absolute atomic E-state index is 6.22. The van der Waals surface area contributed by atoms with Crippen molar-refractivity contribution in [3.05, 3.63) is 106 Å². The van der Waals surface area contributed by atoms with E-state index in [1.165, 1.54) is 55.6 Å². The van der Waals surface area contributed by atoms with Gasteiger partial charge in [0.2, 0.25) is 0 Å². The summed E-state index contributed by atoms with van der Waals surface area (Å²) in [5, 5.41) is 0. The molecule has 0 aromatic heterocycles. The third kappa shape index (κ3) is 4.72. The van der Waals surface area contributed by atoms with E-state index in [1.54, 1.807) is 0 Å². The maximum atomic E-state index is 6.22. The molecule has 0 amide bonds. The van der Waals surface area contributed by atoms with Crippen molar-refractivity contribution in [3.8, 4) is 33.8 Å². The molecule has 156 valence electrons. The minimum Gasteiger partial charge on any atom is -0.457 e. The van der Waals surface area contributed by atoms with Crippen molar-refractivity contribution in [2.24, 2.45) is 0 Å². The first-order valence-corrected chi connectivity index (χ1v) is 10.8. The highest BCUT2D eigenvalue weighted by Crippen LogP contribution is 2.33. The van der Waals surface area contributed by atoms with E-state index in [2.05, 4.69) is 114 Å². The van der Waals surface area contributed by atoms with Crippen LogP contribution in [0.5, 0.6) is 11.5 Å². The Morgan fingerprint density at radius 3 is 1.10 bits per heavy atom. The van der Waals surface area contributed by atoms with Crippen LogP contribution in [0.1, 0.15) is 33.4 Å². The third-order valence-electron chi connectivity index (χ3n) is 5.70. The van der Waals surface area contributed by atoms with E-state index in [1.807, 2.05) is 0 Å². The molecule has 0 N–H and O–H groups in total. The highest BCUT2D eigenvalue weighted by atomic mass is 16.5. The van der Waals surface area contributed by atoms with Gasteiger partial charge in [-0.05, 0) is 99.2 Å². The molecule has 0 saturated carbocycles. The summed E-state index contributed by atoms with van der Waals surface area (Å²) in [6, 6.07) is 26.1. The van der Waals surface area contributed by atoms with Crippen LogP contribution in [-0.4, -0.2) is 0 Å². The zero-order valence-corrected chi connectivity index (χ0v) is 19.3. The average Bonchev–Trinajstić information content (AvgIpc) is 2.66. The number of rotatable bonds is 4. The first-order chi connectivity index (χ1) is 14.8. The summed E-state index contributed by atoms with van der Waals surface area (Å²) in [6.07, 6.45) is 0. The molecule has 0 fully saturated rings. The lowest BCUT2D eigenvalue weighted by molar-refractivity contribution is 0.482. The first kappa shape index (κ1) is 20.9. The highest BCUT2D eigenvalue weighted by molar-refractivity contribution is 5.71. The standard InChI is InChI=1S/C30H30O/c1-19-11-20(2)14-25(13-19)29-9-7-27(17-23(29)5)31-28-8-10-30(24(6)18-28)26-15-21(3)12-22(4)16-26/h7-18H,1-6H3. The fourth-order valence-electron chi connectivity index (χ4n) is 4.44. The third-order valence-corrected chi connectivity index (χ3v) is 5.70. The van der Waals surface area contributed by atoms with Crippen LogP contribution >= 0.6 is 0 Å². The zero-order chi connectivity index (χ0) is 22.1. The van der Waals surface area contributed by atoms with Crippen molar-refractivity contribution >= 4 is 0 Å². The largest absolute Gasteiger partial charge is 0.457 e. The number of ether oxygens (including phenoxy) is 1. The summed E-state index contributed by atoms with van der Waals surface area (Å²) >= 11 is 0. The topological polar surface area (TPSA) is 9.23 Å². The fourth-order valence-corrected chi connectivity index (χ4v) is 4.44. The average molecular weight is 407 g/mol. The summed E-state index contributed by atoms with van der Waals surface area (Å²) in [5.41, 5.74) is 12.6. The fraction of sp³-hybridized carbons (Fsp3) is 0.200. The van der Waals surface area contributed by atoms with Gasteiger partial charge in [-0.25, -0.2) is 0 Å². The molecule has 31 heavy (non-hydrogen) atoms. The lowest BCUT2D eigenvalue weighted by atomic mass is 9.97. The summed E-state index contributed by atoms with van der Waals surface area (Å²) in [6.45, 7) is 12.9. The van der Waals surface area contributed by atoms with Gasteiger partial charge in [-0.3, -0.25) is 0 Å². The second-order valence-corrected chi connectivity index (χ2v) is 8.81. The Morgan fingerprint density at radius 2 is 0.774 bits per heavy atom. The lowest BCUT2D eigenvalue weighted by Gasteiger charge is -2.13. The zero-order valence-electron chi connectivity index (χ0n) is 19.3. The van der Waals surface area contributed by atoms with Gasteiger partial charge in [-0.15, -0.1) is 0 Å². The van der Waals surface area contributed by atoms with E-state index >= 15 is 0 Å². The van der Waals surface area contributed by atoms with E-state index in [0.717, 1.165) is 11.5 Å². The van der Waals surface area contributed by atoms with Gasteiger partial charge in [0.05, 0.1) is 0 Å². The first-order valence-electron chi connectivity index (χ1n) is 10.8. The Labute approximate surface area is 186 Å². The Hall–Kier alpha value is -3.32. The molecule has 1 heteroatoms. The Kier molecular flexibility index (Phi) is 5.69. The molecular weight excluding hydrogens is 376 g/mol. The summed E-state index contributed by atoms with van der Waals surface area (Å²) in [4.78, 5) is 0. The summed E-state index contributed by atoms with van der Waals surface area (Å²) in [7, 11) is 0. The molecule has 1 nitrogen and oxygen atoms in total. The summed E-state index contributed by atoms with van der Waals surface area (Å²) < 4.78 is 6.22. The lowest BCUT2D eigenvalue weighted by Crippen LogP contribution is -1.91. The second-order valence-electron chi connectivity index (χ2n) is 8.81. The monoisotopic (exact) mass is 406 g/mol. The molecule has 4 aromatic rings. The predicted octanol–water partition coefficient (Wildman–Crippen LogP) is 8.66. The summed E-state index contributed by atoms with van der Waals surface area (Å²) in [5.74, 6) is 1.73. The molecule has 4 aromatic carbocycles. The van der Waals surface area contributed by atoms with Gasteiger partial charge in [-0.2, -0.15) is 0 Å². The van der Waals surface area contributed by atoms with E-state index in [-0.39, 0.29) is 0 Å². The Balaban J connectivity index is 1.59. The SMILES string of the molecule is Cc1cc(C)cc(-c2ccc(Oc3ccc(-c4cc(C)cc(C)c4)c(C)c3)cc2C)c1. The van der Waals surface area contributed by atoms with Crippen molar-refractivity contribution in [2.75, 3.05) is 0 Å². The van der Waals surface area contributed by atoms with Gasteiger partial charge in [0.15, 0.2) is 0 Å².